The molecule has 0 saturated heterocycles. The van der Waals surface area contributed by atoms with Crippen molar-refractivity contribution in [1.82, 2.24) is 4.98 Å². The number of aromatic carboxylic acids is 1. The first kappa shape index (κ1) is 15.7. The smallest absolute Gasteiger partial charge is 0.336 e. The Balaban J connectivity index is 2.29. The highest BCUT2D eigenvalue weighted by Crippen LogP contribution is 2.23. The molecule has 0 aliphatic rings. The second kappa shape index (κ2) is 6.82. The van der Waals surface area contributed by atoms with Gasteiger partial charge in [-0.25, -0.2) is 9.78 Å². The molecule has 0 saturated carbocycles. The van der Waals surface area contributed by atoms with Gasteiger partial charge in [-0.1, -0.05) is 6.07 Å². The molecule has 0 radical (unpaired) electrons. The van der Waals surface area contributed by atoms with Gasteiger partial charge in [-0.15, -0.1) is 0 Å². The molecule has 7 heteroatoms. The number of hydrogen-bond acceptors (Lipinski definition) is 4. The molecule has 1 aromatic carbocycles. The quantitative estimate of drug-likeness (QED) is 0.876. The zero-order valence-corrected chi connectivity index (χ0v) is 13.5. The molecule has 0 aliphatic carbocycles. The van der Waals surface area contributed by atoms with Crippen molar-refractivity contribution in [3.8, 4) is 5.88 Å². The summed E-state index contributed by atoms with van der Waals surface area (Å²) in [6.07, 6.45) is 1.59. The van der Waals surface area contributed by atoms with Crippen LogP contribution < -0.4 is 4.74 Å². The third kappa shape index (κ3) is 3.68. The Hall–Kier alpha value is -1.73. The highest BCUT2D eigenvalue weighted by atomic mass is 79.9. The fraction of sp³-hybridized carbons (Fsp3) is 0.143. The van der Waals surface area contributed by atoms with Gasteiger partial charge in [0.25, 0.3) is 0 Å². The average molecular weight is 370 g/mol. The highest BCUT2D eigenvalue weighted by molar-refractivity contribution is 9.10. The maximum atomic E-state index is 12.4. The standard InChI is InChI=1S/C14H12BrNO4S/c1-20-13-9(3-2-6-16-13)8-21(19)10-4-5-12(15)11(7-10)14(17)18/h2-7H,8H2,1H3,(H,17,18). The van der Waals surface area contributed by atoms with Crippen LogP contribution in [0, 0.1) is 0 Å². The van der Waals surface area contributed by atoms with E-state index in [1.54, 1.807) is 30.5 Å². The fourth-order valence-corrected chi connectivity index (χ4v) is 3.31. The zero-order chi connectivity index (χ0) is 15.4. The minimum atomic E-state index is -1.39. The van der Waals surface area contributed by atoms with Crippen molar-refractivity contribution < 1.29 is 18.8 Å². The van der Waals surface area contributed by atoms with E-state index < -0.39 is 16.8 Å². The summed E-state index contributed by atoms with van der Waals surface area (Å²) in [6, 6.07) is 8.14. The SMILES string of the molecule is COc1ncccc1CS(=O)c1ccc(Br)c(C(=O)O)c1. The number of aromatic nitrogens is 1. The van der Waals surface area contributed by atoms with Gasteiger partial charge >= 0.3 is 5.97 Å². The first-order valence-electron chi connectivity index (χ1n) is 5.92. The van der Waals surface area contributed by atoms with Crippen molar-refractivity contribution in [2.45, 2.75) is 10.6 Å². The Morgan fingerprint density at radius 1 is 1.43 bits per heavy atom. The second-order valence-corrected chi connectivity index (χ2v) is 6.41. The van der Waals surface area contributed by atoms with E-state index in [9.17, 15) is 9.00 Å². The number of carbonyl (C=O) groups is 1. The number of rotatable bonds is 5. The molecule has 0 fully saturated rings. The third-order valence-corrected chi connectivity index (χ3v) is 4.81. The van der Waals surface area contributed by atoms with Crippen LogP contribution in [-0.4, -0.2) is 27.4 Å². The molecule has 1 atom stereocenters. The van der Waals surface area contributed by atoms with E-state index in [-0.39, 0.29) is 11.3 Å². The summed E-state index contributed by atoms with van der Waals surface area (Å²) in [7, 11) is 0.111. The van der Waals surface area contributed by atoms with Crippen LogP contribution in [0.3, 0.4) is 0 Å². The van der Waals surface area contributed by atoms with Crippen LogP contribution in [0.1, 0.15) is 15.9 Å². The number of methoxy groups -OCH3 is 1. The molecular weight excluding hydrogens is 358 g/mol. The van der Waals surface area contributed by atoms with Gasteiger partial charge in [0, 0.05) is 21.1 Å². The van der Waals surface area contributed by atoms with Gasteiger partial charge < -0.3 is 9.84 Å². The van der Waals surface area contributed by atoms with Crippen LogP contribution >= 0.6 is 15.9 Å². The van der Waals surface area contributed by atoms with Gasteiger partial charge in [0.2, 0.25) is 5.88 Å². The molecule has 110 valence electrons. The normalized spacial score (nSPS) is 11.9. The van der Waals surface area contributed by atoms with Gasteiger partial charge in [-0.3, -0.25) is 4.21 Å². The van der Waals surface area contributed by atoms with Crippen molar-refractivity contribution in [2.75, 3.05) is 7.11 Å². The first-order chi connectivity index (χ1) is 10.0. The molecule has 0 amide bonds. The zero-order valence-electron chi connectivity index (χ0n) is 11.1. The van der Waals surface area contributed by atoms with E-state index in [0.717, 1.165) is 0 Å². The summed E-state index contributed by atoms with van der Waals surface area (Å²) >= 11 is 3.16. The highest BCUT2D eigenvalue weighted by Gasteiger charge is 2.14. The molecule has 2 aromatic rings. The average Bonchev–Trinajstić information content (AvgIpc) is 2.47. The number of pyridine rings is 1. The van der Waals surface area contributed by atoms with Crippen molar-refractivity contribution in [3.05, 3.63) is 52.1 Å². The molecule has 5 nitrogen and oxygen atoms in total. The van der Waals surface area contributed by atoms with Crippen molar-refractivity contribution in [2.24, 2.45) is 0 Å². The molecule has 1 aromatic heterocycles. The Bertz CT molecular complexity index is 705. The van der Waals surface area contributed by atoms with Gasteiger partial charge in [0.1, 0.15) is 0 Å². The topological polar surface area (TPSA) is 76.5 Å². The predicted octanol–water partition coefficient (Wildman–Crippen LogP) is 2.86. The Labute approximate surface area is 132 Å². The van der Waals surface area contributed by atoms with Gasteiger partial charge in [-0.05, 0) is 40.2 Å². The summed E-state index contributed by atoms with van der Waals surface area (Å²) in [5.74, 6) is -0.446. The molecule has 0 spiro atoms. The van der Waals surface area contributed by atoms with Gasteiger partial charge in [0.15, 0.2) is 0 Å². The molecular formula is C14H12BrNO4S. The first-order valence-corrected chi connectivity index (χ1v) is 8.03. The number of carboxylic acid groups (broad SMARTS) is 1. The van der Waals surface area contributed by atoms with Crippen molar-refractivity contribution >= 4 is 32.7 Å². The van der Waals surface area contributed by atoms with Crippen LogP contribution in [0.5, 0.6) is 5.88 Å². The van der Waals surface area contributed by atoms with E-state index in [2.05, 4.69) is 20.9 Å². The minimum Gasteiger partial charge on any atom is -0.481 e. The van der Waals surface area contributed by atoms with Crippen LogP contribution in [0.2, 0.25) is 0 Å². The number of carboxylic acids is 1. The van der Waals surface area contributed by atoms with Crippen LogP contribution in [0.4, 0.5) is 0 Å². The summed E-state index contributed by atoms with van der Waals surface area (Å²) < 4.78 is 18.0. The van der Waals surface area contributed by atoms with Crippen LogP contribution in [0.15, 0.2) is 45.9 Å². The largest absolute Gasteiger partial charge is 0.481 e. The predicted molar refractivity (Wildman–Crippen MR) is 82.0 cm³/mol. The van der Waals surface area contributed by atoms with Crippen LogP contribution in [0.25, 0.3) is 0 Å². The third-order valence-electron chi connectivity index (χ3n) is 2.76. The molecule has 0 aliphatic heterocycles. The number of nitrogens with zero attached hydrogens (tertiary/aromatic N) is 1. The lowest BCUT2D eigenvalue weighted by atomic mass is 10.2. The Morgan fingerprint density at radius 2 is 2.19 bits per heavy atom. The maximum absolute atomic E-state index is 12.4. The molecule has 1 unspecified atom stereocenters. The maximum Gasteiger partial charge on any atom is 0.336 e. The summed E-state index contributed by atoms with van der Waals surface area (Å²) in [6.45, 7) is 0. The lowest BCUT2D eigenvalue weighted by molar-refractivity contribution is 0.0695. The molecule has 1 N–H and O–H groups in total. The molecule has 2 rings (SSSR count). The van der Waals surface area contributed by atoms with Crippen molar-refractivity contribution in [1.29, 1.82) is 0 Å². The number of halogens is 1. The van der Waals surface area contributed by atoms with E-state index in [4.69, 9.17) is 9.84 Å². The monoisotopic (exact) mass is 369 g/mol. The van der Waals surface area contributed by atoms with E-state index in [0.29, 0.717) is 20.8 Å². The van der Waals surface area contributed by atoms with E-state index in [1.807, 2.05) is 0 Å². The van der Waals surface area contributed by atoms with E-state index >= 15 is 0 Å². The summed E-state index contributed by atoms with van der Waals surface area (Å²) in [5.41, 5.74) is 0.789. The molecule has 0 bridgehead atoms. The van der Waals surface area contributed by atoms with Crippen LogP contribution in [-0.2, 0) is 16.6 Å². The minimum absolute atomic E-state index is 0.0824. The number of ether oxygens (including phenoxy) is 1. The number of benzene rings is 1. The lowest BCUT2D eigenvalue weighted by Gasteiger charge is -2.08. The second-order valence-electron chi connectivity index (χ2n) is 4.11. The fourth-order valence-electron chi connectivity index (χ4n) is 1.75. The molecule has 1 heterocycles. The summed E-state index contributed by atoms with van der Waals surface area (Å²) in [5, 5.41) is 9.08. The van der Waals surface area contributed by atoms with E-state index in [1.165, 1.54) is 13.2 Å². The van der Waals surface area contributed by atoms with Gasteiger partial charge in [-0.2, -0.15) is 0 Å². The lowest BCUT2D eigenvalue weighted by Crippen LogP contribution is -2.03. The summed E-state index contributed by atoms with van der Waals surface area (Å²) in [4.78, 5) is 15.6. The Morgan fingerprint density at radius 3 is 2.86 bits per heavy atom. The number of hydrogen-bond donors (Lipinski definition) is 1. The Kier molecular flexibility index (Phi) is 5.08. The van der Waals surface area contributed by atoms with Crippen molar-refractivity contribution in [3.63, 3.8) is 0 Å². The molecule has 21 heavy (non-hydrogen) atoms. The van der Waals surface area contributed by atoms with Gasteiger partial charge in [0.05, 0.1) is 29.2 Å².